The van der Waals surface area contributed by atoms with Crippen LogP contribution in [-0.4, -0.2) is 15.3 Å². The molecule has 3 nitrogen and oxygen atoms in total. The Hall–Kier alpha value is -0.0400. The van der Waals surface area contributed by atoms with Crippen LogP contribution in [0, 0.1) is 10.5 Å². The van der Waals surface area contributed by atoms with Crippen molar-refractivity contribution < 1.29 is 0 Å². The topological polar surface area (TPSA) is 34.9 Å². The van der Waals surface area contributed by atoms with Crippen LogP contribution in [-0.2, 0) is 6.54 Å². The van der Waals surface area contributed by atoms with Crippen molar-refractivity contribution in [3.63, 3.8) is 0 Å². The van der Waals surface area contributed by atoms with Crippen molar-refractivity contribution in [2.75, 3.05) is 5.75 Å². The number of rotatable bonds is 2. The quantitative estimate of drug-likeness (QED) is 0.655. The molecule has 0 aliphatic heterocycles. The van der Waals surface area contributed by atoms with Crippen LogP contribution >= 0.6 is 35.2 Å². The molecule has 1 aromatic rings. The van der Waals surface area contributed by atoms with E-state index in [0.29, 0.717) is 15.9 Å². The molecule has 5 heteroatoms. The van der Waals surface area contributed by atoms with Gasteiger partial charge in [-0.3, -0.25) is 9.36 Å². The van der Waals surface area contributed by atoms with Crippen LogP contribution in [0.3, 0.4) is 0 Å². The predicted molar refractivity (Wildman–Crippen MR) is 59.8 cm³/mol. The van der Waals surface area contributed by atoms with Crippen LogP contribution in [0.1, 0.15) is 5.82 Å². The van der Waals surface area contributed by atoms with Crippen LogP contribution in [0.5, 0.6) is 0 Å². The fourth-order valence-electron chi connectivity index (χ4n) is 0.914. The summed E-state index contributed by atoms with van der Waals surface area (Å²) >= 11 is 6.06. The monoisotopic (exact) mass is 296 g/mol. The SMILES string of the molecule is Cc1ncc(I)c(=O)n1CCS. The van der Waals surface area contributed by atoms with Gasteiger partial charge in [0.25, 0.3) is 5.56 Å². The molecule has 0 aromatic carbocycles. The largest absolute Gasteiger partial charge is 0.295 e. The summed E-state index contributed by atoms with van der Waals surface area (Å²) < 4.78 is 2.29. The summed E-state index contributed by atoms with van der Waals surface area (Å²) in [6.45, 7) is 2.44. The zero-order valence-corrected chi connectivity index (χ0v) is 9.67. The highest BCUT2D eigenvalue weighted by molar-refractivity contribution is 14.1. The van der Waals surface area contributed by atoms with Crippen LogP contribution in [0.15, 0.2) is 11.0 Å². The van der Waals surface area contributed by atoms with E-state index in [0.717, 1.165) is 5.82 Å². The van der Waals surface area contributed by atoms with Crippen LogP contribution < -0.4 is 5.56 Å². The third-order valence-electron chi connectivity index (χ3n) is 1.53. The Kier molecular flexibility index (Phi) is 3.57. The third kappa shape index (κ3) is 2.01. The van der Waals surface area contributed by atoms with Gasteiger partial charge in [0.2, 0.25) is 0 Å². The highest BCUT2D eigenvalue weighted by Gasteiger charge is 2.03. The highest BCUT2D eigenvalue weighted by Crippen LogP contribution is 1.97. The average Bonchev–Trinajstić information content (AvgIpc) is 2.06. The number of thiol groups is 1. The van der Waals surface area contributed by atoms with Crippen molar-refractivity contribution in [3.8, 4) is 0 Å². The van der Waals surface area contributed by atoms with Gasteiger partial charge < -0.3 is 0 Å². The van der Waals surface area contributed by atoms with Crippen molar-refractivity contribution >= 4 is 35.2 Å². The Balaban J connectivity index is 3.24. The molecule has 0 atom stereocenters. The fourth-order valence-corrected chi connectivity index (χ4v) is 1.54. The minimum absolute atomic E-state index is 0.0251. The maximum absolute atomic E-state index is 11.5. The zero-order chi connectivity index (χ0) is 9.14. The summed E-state index contributed by atoms with van der Waals surface area (Å²) in [4.78, 5) is 15.5. The first-order valence-corrected chi connectivity index (χ1v) is 5.20. The second-order valence-corrected chi connectivity index (χ2v) is 3.94. The molecular formula is C7H9IN2OS. The first-order valence-electron chi connectivity index (χ1n) is 3.49. The standard InChI is InChI=1S/C7H9IN2OS/c1-5-9-4-6(8)7(11)10(5)2-3-12/h4,12H,2-3H2,1H3. The number of aromatic nitrogens is 2. The normalized spacial score (nSPS) is 10.2. The highest BCUT2D eigenvalue weighted by atomic mass is 127. The van der Waals surface area contributed by atoms with Gasteiger partial charge in [0.15, 0.2) is 0 Å². The molecule has 0 radical (unpaired) electrons. The molecular weight excluding hydrogens is 287 g/mol. The van der Waals surface area contributed by atoms with E-state index in [4.69, 9.17) is 0 Å². The van der Waals surface area contributed by atoms with Gasteiger partial charge in [-0.15, -0.1) is 0 Å². The Morgan fingerprint density at radius 1 is 1.75 bits per heavy atom. The molecule has 0 fully saturated rings. The molecule has 0 amide bonds. The van der Waals surface area contributed by atoms with Gasteiger partial charge >= 0.3 is 0 Å². The molecule has 0 bridgehead atoms. The van der Waals surface area contributed by atoms with Crippen molar-refractivity contribution in [2.24, 2.45) is 0 Å². The lowest BCUT2D eigenvalue weighted by Gasteiger charge is -2.06. The first kappa shape index (κ1) is 10.0. The van der Waals surface area contributed by atoms with Crippen LogP contribution in [0.25, 0.3) is 0 Å². The number of hydrogen-bond donors (Lipinski definition) is 1. The maximum atomic E-state index is 11.5. The van der Waals surface area contributed by atoms with Gasteiger partial charge in [0.1, 0.15) is 5.82 Å². The molecule has 0 aliphatic carbocycles. The van der Waals surface area contributed by atoms with Gasteiger partial charge in [-0.25, -0.2) is 4.98 Å². The van der Waals surface area contributed by atoms with E-state index in [9.17, 15) is 4.79 Å². The average molecular weight is 296 g/mol. The van der Waals surface area contributed by atoms with E-state index in [1.165, 1.54) is 0 Å². The van der Waals surface area contributed by atoms with Crippen LogP contribution in [0.4, 0.5) is 0 Å². The summed E-state index contributed by atoms with van der Waals surface area (Å²) in [5, 5.41) is 0. The number of halogens is 1. The Bertz CT molecular complexity index is 337. The molecule has 0 aliphatic rings. The molecule has 1 heterocycles. The van der Waals surface area contributed by atoms with E-state index in [-0.39, 0.29) is 5.56 Å². The summed E-state index contributed by atoms with van der Waals surface area (Å²) in [5.74, 6) is 1.40. The van der Waals surface area contributed by atoms with Gasteiger partial charge in [-0.1, -0.05) is 0 Å². The van der Waals surface area contributed by atoms with Crippen molar-refractivity contribution in [3.05, 3.63) is 25.9 Å². The molecule has 66 valence electrons. The second kappa shape index (κ2) is 4.27. The van der Waals surface area contributed by atoms with Crippen LogP contribution in [0.2, 0.25) is 0 Å². The van der Waals surface area contributed by atoms with E-state index >= 15 is 0 Å². The molecule has 1 aromatic heterocycles. The summed E-state index contributed by atoms with van der Waals surface area (Å²) in [5.41, 5.74) is 0.0251. The van der Waals surface area contributed by atoms with E-state index in [1.54, 1.807) is 10.8 Å². The van der Waals surface area contributed by atoms with Gasteiger partial charge in [0.05, 0.1) is 3.57 Å². The number of nitrogens with zero attached hydrogens (tertiary/aromatic N) is 2. The molecule has 12 heavy (non-hydrogen) atoms. The lowest BCUT2D eigenvalue weighted by molar-refractivity contribution is 0.677. The van der Waals surface area contributed by atoms with Gasteiger partial charge in [-0.05, 0) is 29.5 Å². The molecule has 0 saturated heterocycles. The van der Waals surface area contributed by atoms with Crippen molar-refractivity contribution in [1.29, 1.82) is 0 Å². The summed E-state index contributed by atoms with van der Waals surface area (Å²) in [7, 11) is 0. The third-order valence-corrected chi connectivity index (χ3v) is 2.47. The zero-order valence-electron chi connectivity index (χ0n) is 6.62. The molecule has 0 unspecified atom stereocenters. The first-order chi connectivity index (χ1) is 5.66. The lowest BCUT2D eigenvalue weighted by Crippen LogP contribution is -2.26. The van der Waals surface area contributed by atoms with Gasteiger partial charge in [0, 0.05) is 18.5 Å². The van der Waals surface area contributed by atoms with Gasteiger partial charge in [-0.2, -0.15) is 12.6 Å². The lowest BCUT2D eigenvalue weighted by atomic mass is 10.5. The Labute approximate surface area is 89.8 Å². The maximum Gasteiger partial charge on any atom is 0.266 e. The minimum atomic E-state index is 0.0251. The summed E-state index contributed by atoms with van der Waals surface area (Å²) in [6.07, 6.45) is 1.59. The van der Waals surface area contributed by atoms with E-state index < -0.39 is 0 Å². The molecule has 0 saturated carbocycles. The fraction of sp³-hybridized carbons (Fsp3) is 0.429. The Morgan fingerprint density at radius 2 is 2.42 bits per heavy atom. The van der Waals surface area contributed by atoms with Crippen molar-refractivity contribution in [2.45, 2.75) is 13.5 Å². The van der Waals surface area contributed by atoms with E-state index in [1.807, 2.05) is 29.5 Å². The Morgan fingerprint density at radius 3 is 3.00 bits per heavy atom. The van der Waals surface area contributed by atoms with E-state index in [2.05, 4.69) is 17.6 Å². The summed E-state index contributed by atoms with van der Waals surface area (Å²) in [6, 6.07) is 0. The minimum Gasteiger partial charge on any atom is -0.295 e. The smallest absolute Gasteiger partial charge is 0.266 e. The molecule has 0 N–H and O–H groups in total. The number of aryl methyl sites for hydroxylation is 1. The van der Waals surface area contributed by atoms with Crippen molar-refractivity contribution in [1.82, 2.24) is 9.55 Å². The predicted octanol–water partition coefficient (Wildman–Crippen LogP) is 1.09. The molecule has 0 spiro atoms. The molecule has 1 rings (SSSR count). The second-order valence-electron chi connectivity index (χ2n) is 2.33. The number of hydrogen-bond acceptors (Lipinski definition) is 3.